The third-order valence-electron chi connectivity index (χ3n) is 8.78. The lowest BCUT2D eigenvalue weighted by Gasteiger charge is -2.40. The monoisotopic (exact) mass is 656 g/mol. The van der Waals surface area contributed by atoms with E-state index in [-0.39, 0.29) is 12.5 Å². The SMILES string of the molecule is CCCCC/C=C/CCCC[C@@H](O)[C@H](CO[C@H]1O[C@@H](CO)[C@H](O)C(O)C1O)NC(=O)CCCCCCC/C=C/CCCCCCC. The fourth-order valence-electron chi connectivity index (χ4n) is 5.68. The van der Waals surface area contributed by atoms with E-state index in [2.05, 4.69) is 43.5 Å². The minimum atomic E-state index is -1.56. The van der Waals surface area contributed by atoms with Crippen molar-refractivity contribution >= 4 is 5.91 Å². The summed E-state index contributed by atoms with van der Waals surface area (Å²) in [5, 5.41) is 53.8. The van der Waals surface area contributed by atoms with Gasteiger partial charge in [0.05, 0.1) is 25.4 Å². The topological polar surface area (TPSA) is 149 Å². The average molecular weight is 656 g/mol. The van der Waals surface area contributed by atoms with Crippen LogP contribution in [0.4, 0.5) is 0 Å². The number of hydrogen-bond donors (Lipinski definition) is 6. The Morgan fingerprint density at radius 3 is 1.80 bits per heavy atom. The van der Waals surface area contributed by atoms with Crippen molar-refractivity contribution in [3.8, 4) is 0 Å². The van der Waals surface area contributed by atoms with Crippen molar-refractivity contribution in [2.75, 3.05) is 13.2 Å². The van der Waals surface area contributed by atoms with Gasteiger partial charge in [0.15, 0.2) is 6.29 Å². The molecule has 0 spiro atoms. The van der Waals surface area contributed by atoms with E-state index >= 15 is 0 Å². The Hall–Kier alpha value is -1.33. The van der Waals surface area contributed by atoms with Crippen LogP contribution in [0.1, 0.15) is 149 Å². The van der Waals surface area contributed by atoms with Crippen LogP contribution in [-0.2, 0) is 14.3 Å². The first-order valence-electron chi connectivity index (χ1n) is 18.5. The number of nitrogens with one attached hydrogen (secondary N) is 1. The molecule has 0 bridgehead atoms. The molecule has 0 aromatic rings. The van der Waals surface area contributed by atoms with Gasteiger partial charge in [-0.2, -0.15) is 0 Å². The molecular weight excluding hydrogens is 586 g/mol. The number of hydrogen-bond acceptors (Lipinski definition) is 8. The zero-order valence-corrected chi connectivity index (χ0v) is 29.1. The second kappa shape index (κ2) is 28.7. The van der Waals surface area contributed by atoms with Crippen molar-refractivity contribution in [2.24, 2.45) is 0 Å². The molecule has 0 radical (unpaired) electrons. The average Bonchev–Trinajstić information content (AvgIpc) is 3.05. The summed E-state index contributed by atoms with van der Waals surface area (Å²) >= 11 is 0. The van der Waals surface area contributed by atoms with E-state index < -0.39 is 49.5 Å². The molecule has 0 aliphatic carbocycles. The van der Waals surface area contributed by atoms with Crippen LogP contribution in [0.15, 0.2) is 24.3 Å². The number of allylic oxidation sites excluding steroid dienone is 4. The van der Waals surface area contributed by atoms with Gasteiger partial charge in [-0.3, -0.25) is 4.79 Å². The molecule has 46 heavy (non-hydrogen) atoms. The van der Waals surface area contributed by atoms with Gasteiger partial charge in [-0.05, 0) is 64.2 Å². The summed E-state index contributed by atoms with van der Waals surface area (Å²) in [5.74, 6) is -0.168. The molecule has 2 unspecified atom stereocenters. The fourth-order valence-corrected chi connectivity index (χ4v) is 5.68. The lowest BCUT2D eigenvalue weighted by atomic mass is 9.99. The molecule has 6 N–H and O–H groups in total. The number of unbranched alkanes of at least 4 members (excludes halogenated alkanes) is 15. The van der Waals surface area contributed by atoms with Crippen LogP contribution in [0.25, 0.3) is 0 Å². The highest BCUT2D eigenvalue weighted by molar-refractivity contribution is 5.76. The zero-order chi connectivity index (χ0) is 33.8. The van der Waals surface area contributed by atoms with Gasteiger partial charge in [-0.1, -0.05) is 102 Å². The molecule has 1 fully saturated rings. The smallest absolute Gasteiger partial charge is 0.220 e. The summed E-state index contributed by atoms with van der Waals surface area (Å²) in [6, 6.07) is -0.733. The Labute approximate surface area is 279 Å². The van der Waals surface area contributed by atoms with E-state index in [1.807, 2.05) is 0 Å². The Balaban J connectivity index is 2.45. The molecule has 7 atom stereocenters. The molecule has 9 nitrogen and oxygen atoms in total. The van der Waals surface area contributed by atoms with Crippen LogP contribution in [0, 0.1) is 0 Å². The second-order valence-electron chi connectivity index (χ2n) is 13.0. The van der Waals surface area contributed by atoms with E-state index in [1.165, 1.54) is 57.8 Å². The minimum absolute atomic E-state index is 0.154. The lowest BCUT2D eigenvalue weighted by molar-refractivity contribution is -0.302. The van der Waals surface area contributed by atoms with Crippen molar-refractivity contribution < 1.29 is 39.8 Å². The molecule has 0 aromatic heterocycles. The highest BCUT2D eigenvalue weighted by Gasteiger charge is 2.44. The normalized spacial score (nSPS) is 23.3. The van der Waals surface area contributed by atoms with E-state index in [0.717, 1.165) is 64.2 Å². The molecule has 9 heteroatoms. The Morgan fingerprint density at radius 2 is 1.22 bits per heavy atom. The second-order valence-corrected chi connectivity index (χ2v) is 13.0. The predicted molar refractivity (Wildman–Crippen MR) is 184 cm³/mol. The van der Waals surface area contributed by atoms with Gasteiger partial charge in [0.1, 0.15) is 24.4 Å². The number of ether oxygens (including phenoxy) is 2. The van der Waals surface area contributed by atoms with Gasteiger partial charge in [0.2, 0.25) is 5.91 Å². The number of rotatable bonds is 29. The van der Waals surface area contributed by atoms with Crippen molar-refractivity contribution in [3.05, 3.63) is 24.3 Å². The first-order valence-corrected chi connectivity index (χ1v) is 18.5. The van der Waals surface area contributed by atoms with Crippen molar-refractivity contribution in [3.63, 3.8) is 0 Å². The Kier molecular flexibility index (Phi) is 26.6. The number of aliphatic hydroxyl groups excluding tert-OH is 5. The highest BCUT2D eigenvalue weighted by Crippen LogP contribution is 2.22. The summed E-state index contributed by atoms with van der Waals surface area (Å²) in [7, 11) is 0. The number of carbonyl (C=O) groups excluding carboxylic acids is 1. The van der Waals surface area contributed by atoms with Crippen molar-refractivity contribution in [1.29, 1.82) is 0 Å². The molecule has 1 aliphatic heterocycles. The van der Waals surface area contributed by atoms with Gasteiger partial charge >= 0.3 is 0 Å². The van der Waals surface area contributed by atoms with E-state index in [9.17, 15) is 30.3 Å². The van der Waals surface area contributed by atoms with Gasteiger partial charge in [-0.15, -0.1) is 0 Å². The molecule has 270 valence electrons. The highest BCUT2D eigenvalue weighted by atomic mass is 16.7. The molecular formula is C37H69NO8. The fraction of sp³-hybridized carbons (Fsp3) is 0.865. The summed E-state index contributed by atoms with van der Waals surface area (Å²) in [5.41, 5.74) is 0. The standard InChI is InChI=1S/C37H69NO8/c1-3-5-7-9-11-13-14-15-16-17-19-21-23-25-27-33(41)38-30(31(40)26-24-22-20-18-12-10-8-6-4-2)29-45-37-36(44)35(43)34(42)32(28-39)46-37/h12,14-15,18,30-32,34-37,39-40,42-44H,3-11,13,16-17,19-29H2,1-2H3,(H,38,41)/b15-14+,18-12+/t30-,31+,32-,34-,35?,36?,37-/m0/s1. The van der Waals surface area contributed by atoms with Gasteiger partial charge < -0.3 is 40.3 Å². The van der Waals surface area contributed by atoms with Crippen LogP contribution in [0.5, 0.6) is 0 Å². The van der Waals surface area contributed by atoms with Crippen LogP contribution in [-0.4, -0.2) is 87.5 Å². The maximum absolute atomic E-state index is 12.8. The van der Waals surface area contributed by atoms with Crippen molar-refractivity contribution in [2.45, 2.75) is 192 Å². The van der Waals surface area contributed by atoms with Gasteiger partial charge in [0, 0.05) is 6.42 Å². The van der Waals surface area contributed by atoms with E-state index in [4.69, 9.17) is 9.47 Å². The zero-order valence-electron chi connectivity index (χ0n) is 29.1. The lowest BCUT2D eigenvalue weighted by Crippen LogP contribution is -2.60. The first kappa shape index (κ1) is 42.7. The number of carbonyl (C=O) groups is 1. The number of aliphatic hydroxyl groups is 5. The summed E-state index contributed by atoms with van der Waals surface area (Å²) < 4.78 is 11.1. The Morgan fingerprint density at radius 1 is 0.717 bits per heavy atom. The molecule has 0 saturated carbocycles. The van der Waals surface area contributed by atoms with Gasteiger partial charge in [0.25, 0.3) is 0 Å². The molecule has 1 amide bonds. The third-order valence-corrected chi connectivity index (χ3v) is 8.78. The molecule has 1 saturated heterocycles. The summed E-state index contributed by atoms with van der Waals surface area (Å²) in [6.07, 6.45) is 23.4. The minimum Gasteiger partial charge on any atom is -0.394 e. The van der Waals surface area contributed by atoms with E-state index in [1.54, 1.807) is 0 Å². The van der Waals surface area contributed by atoms with Gasteiger partial charge in [-0.25, -0.2) is 0 Å². The van der Waals surface area contributed by atoms with E-state index in [0.29, 0.717) is 12.8 Å². The van der Waals surface area contributed by atoms with Crippen LogP contribution >= 0.6 is 0 Å². The maximum atomic E-state index is 12.8. The predicted octanol–water partition coefficient (Wildman–Crippen LogP) is 5.99. The van der Waals surface area contributed by atoms with Crippen molar-refractivity contribution in [1.82, 2.24) is 5.32 Å². The van der Waals surface area contributed by atoms with Crippen LogP contribution < -0.4 is 5.32 Å². The first-order chi connectivity index (χ1) is 22.3. The van der Waals surface area contributed by atoms with Crippen LogP contribution in [0.2, 0.25) is 0 Å². The quantitative estimate of drug-likeness (QED) is 0.0425. The summed E-state index contributed by atoms with van der Waals surface area (Å²) in [4.78, 5) is 12.8. The largest absolute Gasteiger partial charge is 0.394 e. The molecule has 0 aromatic carbocycles. The molecule has 1 rings (SSSR count). The number of amides is 1. The maximum Gasteiger partial charge on any atom is 0.220 e. The van der Waals surface area contributed by atoms with Crippen LogP contribution in [0.3, 0.4) is 0 Å². The molecule has 1 heterocycles. The molecule has 1 aliphatic rings. The third kappa shape index (κ3) is 20.1. The summed E-state index contributed by atoms with van der Waals surface area (Å²) in [6.45, 7) is 3.72. The Bertz CT molecular complexity index is 776.